The third-order valence-corrected chi connectivity index (χ3v) is 3.09. The van der Waals surface area contributed by atoms with Crippen molar-refractivity contribution in [1.29, 1.82) is 0 Å². The van der Waals surface area contributed by atoms with Crippen LogP contribution < -0.4 is 10.6 Å². The molecule has 16 heavy (non-hydrogen) atoms. The van der Waals surface area contributed by atoms with Crippen LogP contribution in [0.4, 0.5) is 5.82 Å². The Morgan fingerprint density at radius 2 is 2.38 bits per heavy atom. The molecule has 0 aliphatic carbocycles. The molecule has 88 valence electrons. The van der Waals surface area contributed by atoms with Crippen molar-refractivity contribution in [3.63, 3.8) is 0 Å². The number of anilines is 1. The Morgan fingerprint density at radius 1 is 1.44 bits per heavy atom. The maximum Gasteiger partial charge on any atom is 0.151 e. The van der Waals surface area contributed by atoms with Gasteiger partial charge in [0, 0.05) is 6.54 Å². The molecule has 2 N–H and O–H groups in total. The normalized spacial score (nSPS) is 20.7. The third kappa shape index (κ3) is 3.61. The van der Waals surface area contributed by atoms with E-state index in [-0.39, 0.29) is 0 Å². The Bertz CT molecular complexity index is 308. The third-order valence-electron chi connectivity index (χ3n) is 2.89. The number of aromatic nitrogens is 2. The van der Waals surface area contributed by atoms with Crippen molar-refractivity contribution >= 4 is 17.4 Å². The van der Waals surface area contributed by atoms with Crippen LogP contribution in [0.2, 0.25) is 5.15 Å². The molecular formula is C11H17ClN4. The van der Waals surface area contributed by atoms with Gasteiger partial charge in [0.15, 0.2) is 5.15 Å². The van der Waals surface area contributed by atoms with E-state index in [1.165, 1.54) is 25.8 Å². The maximum absolute atomic E-state index is 5.66. The highest BCUT2D eigenvalue weighted by Gasteiger charge is 2.11. The highest BCUT2D eigenvalue weighted by atomic mass is 35.5. The molecule has 0 aromatic carbocycles. The van der Waals surface area contributed by atoms with Gasteiger partial charge in [-0.15, -0.1) is 10.2 Å². The van der Waals surface area contributed by atoms with Crippen LogP contribution >= 0.6 is 11.6 Å². The minimum Gasteiger partial charge on any atom is -0.369 e. The summed E-state index contributed by atoms with van der Waals surface area (Å²) in [6.07, 6.45) is 3.81. The Hall–Kier alpha value is -0.870. The largest absolute Gasteiger partial charge is 0.369 e. The fraction of sp³-hybridized carbons (Fsp3) is 0.636. The second-order valence-electron chi connectivity index (χ2n) is 4.17. The summed E-state index contributed by atoms with van der Waals surface area (Å²) in [4.78, 5) is 0. The van der Waals surface area contributed by atoms with E-state index in [2.05, 4.69) is 20.8 Å². The van der Waals surface area contributed by atoms with Gasteiger partial charge in [-0.25, -0.2) is 0 Å². The molecule has 1 aromatic heterocycles. The lowest BCUT2D eigenvalue weighted by Gasteiger charge is -2.22. The van der Waals surface area contributed by atoms with Gasteiger partial charge >= 0.3 is 0 Å². The van der Waals surface area contributed by atoms with Gasteiger partial charge in [-0.05, 0) is 50.4 Å². The molecule has 0 amide bonds. The van der Waals surface area contributed by atoms with Gasteiger partial charge in [-0.3, -0.25) is 0 Å². The standard InChI is InChI=1S/C11H17ClN4/c12-10-3-4-11(16-15-10)14-7-5-9-2-1-6-13-8-9/h3-4,9,13H,1-2,5-8H2,(H,14,16). The summed E-state index contributed by atoms with van der Waals surface area (Å²) in [5.74, 6) is 1.59. The van der Waals surface area contributed by atoms with Crippen LogP contribution in [-0.4, -0.2) is 29.8 Å². The second-order valence-corrected chi connectivity index (χ2v) is 4.56. The zero-order valence-electron chi connectivity index (χ0n) is 9.25. The van der Waals surface area contributed by atoms with Gasteiger partial charge < -0.3 is 10.6 Å². The Balaban J connectivity index is 1.69. The van der Waals surface area contributed by atoms with Gasteiger partial charge in [-0.2, -0.15) is 0 Å². The summed E-state index contributed by atoms with van der Waals surface area (Å²) in [5, 5.41) is 14.8. The maximum atomic E-state index is 5.66. The predicted octanol–water partition coefficient (Wildman–Crippen LogP) is 1.93. The van der Waals surface area contributed by atoms with E-state index < -0.39 is 0 Å². The first-order chi connectivity index (χ1) is 7.84. The molecule has 2 rings (SSSR count). The summed E-state index contributed by atoms with van der Waals surface area (Å²) in [6, 6.07) is 3.60. The molecule has 0 radical (unpaired) electrons. The molecule has 4 nitrogen and oxygen atoms in total. The van der Waals surface area contributed by atoms with E-state index in [4.69, 9.17) is 11.6 Å². The van der Waals surface area contributed by atoms with Crippen LogP contribution in [0.1, 0.15) is 19.3 Å². The molecule has 1 saturated heterocycles. The summed E-state index contributed by atoms with van der Waals surface area (Å²) in [5.41, 5.74) is 0. The zero-order valence-corrected chi connectivity index (χ0v) is 10.0. The van der Waals surface area contributed by atoms with Gasteiger partial charge in [0.25, 0.3) is 0 Å². The molecule has 1 unspecified atom stereocenters. The highest BCUT2D eigenvalue weighted by molar-refractivity contribution is 6.29. The lowest BCUT2D eigenvalue weighted by atomic mass is 9.96. The lowest BCUT2D eigenvalue weighted by Crippen LogP contribution is -2.30. The van der Waals surface area contributed by atoms with Crippen molar-refractivity contribution in [2.75, 3.05) is 25.0 Å². The minimum absolute atomic E-state index is 0.432. The molecule has 2 heterocycles. The molecule has 0 bridgehead atoms. The number of nitrogens with zero attached hydrogens (tertiary/aromatic N) is 2. The number of hydrogen-bond acceptors (Lipinski definition) is 4. The van der Waals surface area contributed by atoms with E-state index in [1.807, 2.05) is 6.07 Å². The van der Waals surface area contributed by atoms with Gasteiger partial charge in [0.1, 0.15) is 5.82 Å². The summed E-state index contributed by atoms with van der Waals surface area (Å²) in [6.45, 7) is 3.27. The van der Waals surface area contributed by atoms with E-state index in [1.54, 1.807) is 6.07 Å². The van der Waals surface area contributed by atoms with E-state index in [9.17, 15) is 0 Å². The summed E-state index contributed by atoms with van der Waals surface area (Å²) >= 11 is 5.66. The van der Waals surface area contributed by atoms with E-state index in [0.717, 1.165) is 24.8 Å². The lowest BCUT2D eigenvalue weighted by molar-refractivity contribution is 0.364. The van der Waals surface area contributed by atoms with Gasteiger partial charge in [0.2, 0.25) is 0 Å². The molecule has 1 aromatic rings. The average molecular weight is 241 g/mol. The van der Waals surface area contributed by atoms with Crippen molar-refractivity contribution in [2.45, 2.75) is 19.3 Å². The smallest absolute Gasteiger partial charge is 0.151 e. The number of rotatable bonds is 4. The van der Waals surface area contributed by atoms with Crippen LogP contribution in [0.5, 0.6) is 0 Å². The van der Waals surface area contributed by atoms with Crippen molar-refractivity contribution in [3.8, 4) is 0 Å². The molecule has 1 aliphatic heterocycles. The van der Waals surface area contributed by atoms with E-state index >= 15 is 0 Å². The summed E-state index contributed by atoms with van der Waals surface area (Å²) < 4.78 is 0. The number of halogens is 1. The molecule has 1 aliphatic rings. The van der Waals surface area contributed by atoms with Crippen LogP contribution in [0.25, 0.3) is 0 Å². The SMILES string of the molecule is Clc1ccc(NCCC2CCCNC2)nn1. The first-order valence-electron chi connectivity index (χ1n) is 5.78. The Labute approximate surface area is 101 Å². The average Bonchev–Trinajstić information content (AvgIpc) is 2.33. The first-order valence-corrected chi connectivity index (χ1v) is 6.16. The molecule has 0 spiro atoms. The van der Waals surface area contributed by atoms with Crippen LogP contribution in [0, 0.1) is 5.92 Å². The van der Waals surface area contributed by atoms with Crippen LogP contribution in [0.3, 0.4) is 0 Å². The van der Waals surface area contributed by atoms with Crippen molar-refractivity contribution in [2.24, 2.45) is 5.92 Å². The fourth-order valence-corrected chi connectivity index (χ4v) is 2.09. The molecule has 1 fully saturated rings. The van der Waals surface area contributed by atoms with Crippen LogP contribution in [-0.2, 0) is 0 Å². The molecule has 5 heteroatoms. The first kappa shape index (κ1) is 11.6. The van der Waals surface area contributed by atoms with Gasteiger partial charge in [0.05, 0.1) is 0 Å². The highest BCUT2D eigenvalue weighted by Crippen LogP contribution is 2.14. The molecule has 0 saturated carbocycles. The quantitative estimate of drug-likeness (QED) is 0.845. The Morgan fingerprint density at radius 3 is 3.06 bits per heavy atom. The number of piperidine rings is 1. The second kappa shape index (κ2) is 6.01. The van der Waals surface area contributed by atoms with Gasteiger partial charge in [-0.1, -0.05) is 11.6 Å². The monoisotopic (exact) mass is 240 g/mol. The zero-order chi connectivity index (χ0) is 11.2. The van der Waals surface area contributed by atoms with Crippen molar-refractivity contribution in [3.05, 3.63) is 17.3 Å². The van der Waals surface area contributed by atoms with Crippen LogP contribution in [0.15, 0.2) is 12.1 Å². The van der Waals surface area contributed by atoms with Crippen molar-refractivity contribution in [1.82, 2.24) is 15.5 Å². The topological polar surface area (TPSA) is 49.8 Å². The van der Waals surface area contributed by atoms with E-state index in [0.29, 0.717) is 5.15 Å². The number of hydrogen-bond donors (Lipinski definition) is 2. The molecular weight excluding hydrogens is 224 g/mol. The predicted molar refractivity (Wildman–Crippen MR) is 65.7 cm³/mol. The minimum atomic E-state index is 0.432. The summed E-state index contributed by atoms with van der Waals surface area (Å²) in [7, 11) is 0. The molecule has 1 atom stereocenters. The fourth-order valence-electron chi connectivity index (χ4n) is 1.99. The Kier molecular flexibility index (Phi) is 4.36. The van der Waals surface area contributed by atoms with Crippen molar-refractivity contribution < 1.29 is 0 Å². The number of nitrogens with one attached hydrogen (secondary N) is 2.